The van der Waals surface area contributed by atoms with E-state index in [9.17, 15) is 14.4 Å². The molecule has 10 heteroatoms. The molecule has 0 atom stereocenters. The molecule has 0 fully saturated rings. The average molecular weight is 452 g/mol. The summed E-state index contributed by atoms with van der Waals surface area (Å²) in [6.45, 7) is 0.354. The van der Waals surface area contributed by atoms with Crippen LogP contribution in [0.5, 0.6) is 11.5 Å². The van der Waals surface area contributed by atoms with Crippen molar-refractivity contribution in [2.45, 2.75) is 13.0 Å². The molecule has 0 unspecified atom stereocenters. The van der Waals surface area contributed by atoms with Crippen molar-refractivity contribution in [3.05, 3.63) is 63.2 Å². The lowest BCUT2D eigenvalue weighted by atomic mass is 10.2. The van der Waals surface area contributed by atoms with Crippen LogP contribution in [-0.4, -0.2) is 30.3 Å². The van der Waals surface area contributed by atoms with Gasteiger partial charge in [0.05, 0.1) is 23.7 Å². The molecule has 5 rings (SSSR count). The molecule has 3 heterocycles. The lowest BCUT2D eigenvalue weighted by Gasteiger charge is -2.05. The summed E-state index contributed by atoms with van der Waals surface area (Å²) in [5, 5.41) is 0.617. The van der Waals surface area contributed by atoms with Gasteiger partial charge in [0.15, 0.2) is 16.3 Å². The third-order valence-corrected chi connectivity index (χ3v) is 6.05. The molecule has 0 aliphatic carbocycles. The van der Waals surface area contributed by atoms with E-state index in [4.69, 9.17) is 18.6 Å². The zero-order chi connectivity index (χ0) is 22.2. The van der Waals surface area contributed by atoms with E-state index in [0.29, 0.717) is 27.3 Å². The van der Waals surface area contributed by atoms with Gasteiger partial charge in [0.1, 0.15) is 11.1 Å². The van der Waals surface area contributed by atoms with Gasteiger partial charge in [-0.2, -0.15) is 4.99 Å². The van der Waals surface area contributed by atoms with Crippen LogP contribution in [0.25, 0.3) is 21.2 Å². The van der Waals surface area contributed by atoms with Crippen molar-refractivity contribution in [3.63, 3.8) is 0 Å². The zero-order valence-corrected chi connectivity index (χ0v) is 17.6. The van der Waals surface area contributed by atoms with Crippen molar-refractivity contribution in [1.82, 2.24) is 4.57 Å². The molecule has 1 aliphatic rings. The largest absolute Gasteiger partial charge is 0.469 e. The molecule has 1 aliphatic heterocycles. The van der Waals surface area contributed by atoms with Crippen molar-refractivity contribution in [2.24, 2.45) is 4.99 Å². The number of rotatable bonds is 4. The summed E-state index contributed by atoms with van der Waals surface area (Å²) in [6.07, 6.45) is 0.0796. The van der Waals surface area contributed by atoms with Crippen LogP contribution in [0.15, 0.2) is 56.7 Å². The first kappa shape index (κ1) is 20.0. The lowest BCUT2D eigenvalue weighted by Crippen LogP contribution is -2.21. The number of hydrogen-bond donors (Lipinski definition) is 0. The molecule has 1 amide bonds. The minimum absolute atomic E-state index is 0.0796. The van der Waals surface area contributed by atoms with E-state index in [1.165, 1.54) is 24.5 Å². The predicted molar refractivity (Wildman–Crippen MR) is 115 cm³/mol. The maximum absolute atomic E-state index is 12.9. The van der Waals surface area contributed by atoms with Crippen LogP contribution in [0.2, 0.25) is 0 Å². The quantitative estimate of drug-likeness (QED) is 0.346. The maximum atomic E-state index is 12.9. The zero-order valence-electron chi connectivity index (χ0n) is 16.8. The second kappa shape index (κ2) is 7.97. The molecule has 162 valence electrons. The molecule has 2 aromatic carbocycles. The van der Waals surface area contributed by atoms with Crippen LogP contribution >= 0.6 is 11.3 Å². The normalized spacial score (nSPS) is 13.1. The molecular weight excluding hydrogens is 436 g/mol. The monoisotopic (exact) mass is 452 g/mol. The number of thiazole rings is 1. The summed E-state index contributed by atoms with van der Waals surface area (Å²) in [4.78, 5) is 41.5. The number of fused-ring (bicyclic) bond motifs is 3. The Morgan fingerprint density at radius 3 is 2.75 bits per heavy atom. The van der Waals surface area contributed by atoms with Gasteiger partial charge in [-0.05, 0) is 12.1 Å². The fraction of sp³-hybridized carbons (Fsp3) is 0.182. The standard InChI is InChI=1S/C22H16N2O7S/c1-28-19(25)6-7-24-14-9-16-17(30-11-29-16)10-18(14)32-22(24)23-20(26)13-8-12-4-2-3-5-15(12)31-21(13)27/h2-5,8-10H,6-7,11H2,1H3. The number of ether oxygens (including phenoxy) is 3. The van der Waals surface area contributed by atoms with Crippen LogP contribution in [0.3, 0.4) is 0 Å². The van der Waals surface area contributed by atoms with Gasteiger partial charge in [-0.1, -0.05) is 29.5 Å². The van der Waals surface area contributed by atoms with Gasteiger partial charge in [0.25, 0.3) is 5.91 Å². The number of aromatic nitrogens is 1. The summed E-state index contributed by atoms with van der Waals surface area (Å²) in [5.41, 5.74) is 0.175. The van der Waals surface area contributed by atoms with Crippen molar-refractivity contribution >= 4 is 44.4 Å². The third-order valence-electron chi connectivity index (χ3n) is 5.01. The topological polar surface area (TPSA) is 109 Å². The van der Waals surface area contributed by atoms with Gasteiger partial charge in [-0.15, -0.1) is 0 Å². The Morgan fingerprint density at radius 1 is 1.16 bits per heavy atom. The Labute approximate surface area is 184 Å². The number of esters is 1. The number of hydrogen-bond acceptors (Lipinski definition) is 8. The highest BCUT2D eigenvalue weighted by molar-refractivity contribution is 7.16. The van der Waals surface area contributed by atoms with E-state index in [2.05, 4.69) is 4.99 Å². The molecular formula is C22H16N2O7S. The number of aryl methyl sites for hydroxylation is 1. The minimum Gasteiger partial charge on any atom is -0.469 e. The molecule has 0 radical (unpaired) electrons. The highest BCUT2D eigenvalue weighted by Crippen LogP contribution is 2.37. The average Bonchev–Trinajstić information content (AvgIpc) is 3.38. The van der Waals surface area contributed by atoms with Crippen molar-refractivity contribution in [3.8, 4) is 11.5 Å². The number of methoxy groups -OCH3 is 1. The van der Waals surface area contributed by atoms with E-state index in [1.807, 2.05) is 0 Å². The van der Waals surface area contributed by atoms with Gasteiger partial charge < -0.3 is 23.2 Å². The molecule has 32 heavy (non-hydrogen) atoms. The lowest BCUT2D eigenvalue weighted by molar-refractivity contribution is -0.140. The number of para-hydroxylation sites is 1. The first-order valence-electron chi connectivity index (χ1n) is 9.65. The summed E-state index contributed by atoms with van der Waals surface area (Å²) in [7, 11) is 1.31. The summed E-state index contributed by atoms with van der Waals surface area (Å²) < 4.78 is 23.4. The SMILES string of the molecule is COC(=O)CCn1c(=NC(=O)c2cc3ccccc3oc2=O)sc2cc3c(cc21)OCO3. The van der Waals surface area contributed by atoms with Crippen LogP contribution in [-0.2, 0) is 16.1 Å². The predicted octanol–water partition coefficient (Wildman–Crippen LogP) is 2.84. The van der Waals surface area contributed by atoms with Crippen LogP contribution in [0, 0.1) is 0 Å². The molecule has 9 nitrogen and oxygen atoms in total. The first-order valence-corrected chi connectivity index (χ1v) is 10.5. The first-order chi connectivity index (χ1) is 15.5. The number of nitrogens with zero attached hydrogens (tertiary/aromatic N) is 2. The fourth-order valence-electron chi connectivity index (χ4n) is 3.42. The Kier molecular flexibility index (Phi) is 4.98. The van der Waals surface area contributed by atoms with Gasteiger partial charge in [-0.3, -0.25) is 9.59 Å². The summed E-state index contributed by atoms with van der Waals surface area (Å²) >= 11 is 1.24. The molecule has 2 aromatic heterocycles. The van der Waals surface area contributed by atoms with Crippen molar-refractivity contribution in [1.29, 1.82) is 0 Å². The minimum atomic E-state index is -0.763. The van der Waals surface area contributed by atoms with Crippen LogP contribution in [0.4, 0.5) is 0 Å². The molecule has 0 spiro atoms. The van der Waals surface area contributed by atoms with Gasteiger partial charge in [0, 0.05) is 24.1 Å². The highest BCUT2D eigenvalue weighted by atomic mass is 32.1. The maximum Gasteiger partial charge on any atom is 0.349 e. The van der Waals surface area contributed by atoms with Gasteiger partial charge in [-0.25, -0.2) is 4.79 Å². The van der Waals surface area contributed by atoms with Crippen molar-refractivity contribution < 1.29 is 28.2 Å². The van der Waals surface area contributed by atoms with E-state index < -0.39 is 17.5 Å². The second-order valence-corrected chi connectivity index (χ2v) is 7.95. The number of carbonyl (C=O) groups excluding carboxylic acids is 2. The number of amides is 1. The van der Waals surface area contributed by atoms with E-state index in [0.717, 1.165) is 10.2 Å². The van der Waals surface area contributed by atoms with Crippen LogP contribution in [0.1, 0.15) is 16.8 Å². The Morgan fingerprint density at radius 2 is 1.94 bits per heavy atom. The Balaban J connectivity index is 1.63. The summed E-state index contributed by atoms with van der Waals surface area (Å²) in [5.74, 6) is 0.0232. The number of carbonyl (C=O) groups is 2. The third kappa shape index (κ3) is 3.54. The molecule has 0 saturated carbocycles. The van der Waals surface area contributed by atoms with Gasteiger partial charge in [0.2, 0.25) is 6.79 Å². The number of benzene rings is 2. The van der Waals surface area contributed by atoms with E-state index in [1.54, 1.807) is 41.0 Å². The van der Waals surface area contributed by atoms with Crippen LogP contribution < -0.4 is 19.9 Å². The fourth-order valence-corrected chi connectivity index (χ4v) is 4.49. The molecule has 0 bridgehead atoms. The highest BCUT2D eigenvalue weighted by Gasteiger charge is 2.19. The van der Waals surface area contributed by atoms with Gasteiger partial charge >= 0.3 is 11.6 Å². The molecule has 4 aromatic rings. The Hall–Kier alpha value is -3.92. The van der Waals surface area contributed by atoms with E-state index >= 15 is 0 Å². The molecule has 0 saturated heterocycles. The smallest absolute Gasteiger partial charge is 0.349 e. The second-order valence-electron chi connectivity index (χ2n) is 6.94. The van der Waals surface area contributed by atoms with Crippen molar-refractivity contribution in [2.75, 3.05) is 13.9 Å². The molecule has 0 N–H and O–H groups in total. The summed E-state index contributed by atoms with van der Waals surface area (Å²) in [6, 6.07) is 12.0. The van der Waals surface area contributed by atoms with E-state index in [-0.39, 0.29) is 25.3 Å². The Bertz CT molecular complexity index is 1510.